The predicted octanol–water partition coefficient (Wildman–Crippen LogP) is 1.24. The van der Waals surface area contributed by atoms with Crippen LogP contribution in [-0.2, 0) is 4.84 Å². The minimum Gasteiger partial charge on any atom is -0.496 e. The van der Waals surface area contributed by atoms with Crippen LogP contribution in [0.4, 0.5) is 5.69 Å². The molecule has 92 valence electrons. The Morgan fingerprint density at radius 2 is 2.06 bits per heavy atom. The largest absolute Gasteiger partial charge is 0.496 e. The van der Waals surface area contributed by atoms with Gasteiger partial charge in [-0.05, 0) is 6.07 Å². The van der Waals surface area contributed by atoms with E-state index in [1.807, 2.05) is 0 Å². The van der Waals surface area contributed by atoms with Gasteiger partial charge in [0.1, 0.15) is 5.75 Å². The van der Waals surface area contributed by atoms with Crippen molar-refractivity contribution in [3.05, 3.63) is 33.9 Å². The lowest BCUT2D eigenvalue weighted by Gasteiger charge is -2.15. The molecule has 0 spiro atoms. The van der Waals surface area contributed by atoms with E-state index < -0.39 is 10.8 Å². The third kappa shape index (κ3) is 2.70. The van der Waals surface area contributed by atoms with Crippen molar-refractivity contribution >= 4 is 11.6 Å². The summed E-state index contributed by atoms with van der Waals surface area (Å²) in [5.74, 6) is -0.266. The first-order chi connectivity index (χ1) is 8.01. The van der Waals surface area contributed by atoms with Crippen molar-refractivity contribution in [2.75, 3.05) is 21.3 Å². The molecule has 0 aliphatic rings. The van der Waals surface area contributed by atoms with E-state index in [4.69, 9.17) is 9.57 Å². The van der Waals surface area contributed by atoms with Crippen molar-refractivity contribution < 1.29 is 19.3 Å². The van der Waals surface area contributed by atoms with Gasteiger partial charge in [0, 0.05) is 19.2 Å². The number of rotatable bonds is 4. The SMILES string of the molecule is COc1ccc([N+](=O)[O-])cc1C(=O)N(C)OC. The Balaban J connectivity index is 3.23. The van der Waals surface area contributed by atoms with E-state index in [9.17, 15) is 14.9 Å². The molecule has 1 rings (SSSR count). The van der Waals surface area contributed by atoms with E-state index in [1.165, 1.54) is 33.4 Å². The summed E-state index contributed by atoms with van der Waals surface area (Å²) in [6.45, 7) is 0. The summed E-state index contributed by atoms with van der Waals surface area (Å²) in [5, 5.41) is 11.6. The summed E-state index contributed by atoms with van der Waals surface area (Å²) in [6, 6.07) is 3.79. The molecule has 0 saturated heterocycles. The van der Waals surface area contributed by atoms with E-state index in [0.29, 0.717) is 0 Å². The van der Waals surface area contributed by atoms with Crippen LogP contribution in [0.5, 0.6) is 5.75 Å². The average Bonchev–Trinajstić information content (AvgIpc) is 2.35. The first-order valence-corrected chi connectivity index (χ1v) is 4.65. The first kappa shape index (κ1) is 12.9. The maximum atomic E-state index is 11.8. The maximum Gasteiger partial charge on any atom is 0.281 e. The van der Waals surface area contributed by atoms with Gasteiger partial charge in [-0.1, -0.05) is 0 Å². The molecule has 1 aromatic carbocycles. The summed E-state index contributed by atoms with van der Waals surface area (Å²) in [6.07, 6.45) is 0. The molecular formula is C10H12N2O5. The van der Waals surface area contributed by atoms with Crippen molar-refractivity contribution in [3.63, 3.8) is 0 Å². The highest BCUT2D eigenvalue weighted by Gasteiger charge is 2.20. The summed E-state index contributed by atoms with van der Waals surface area (Å²) < 4.78 is 4.97. The van der Waals surface area contributed by atoms with Gasteiger partial charge in [-0.25, -0.2) is 5.06 Å². The maximum absolute atomic E-state index is 11.8. The monoisotopic (exact) mass is 240 g/mol. The van der Waals surface area contributed by atoms with Gasteiger partial charge in [-0.15, -0.1) is 0 Å². The van der Waals surface area contributed by atoms with E-state index >= 15 is 0 Å². The summed E-state index contributed by atoms with van der Waals surface area (Å²) in [4.78, 5) is 26.6. The number of nitrogens with zero attached hydrogens (tertiary/aromatic N) is 2. The van der Waals surface area contributed by atoms with Crippen LogP contribution < -0.4 is 4.74 Å². The van der Waals surface area contributed by atoms with Gasteiger partial charge in [0.2, 0.25) is 0 Å². The molecule has 0 aromatic heterocycles. The highest BCUT2D eigenvalue weighted by atomic mass is 16.7. The van der Waals surface area contributed by atoms with Crippen molar-refractivity contribution in [2.24, 2.45) is 0 Å². The number of nitro groups is 1. The fourth-order valence-corrected chi connectivity index (χ4v) is 1.23. The van der Waals surface area contributed by atoms with Gasteiger partial charge in [0.25, 0.3) is 11.6 Å². The standard InChI is InChI=1S/C10H12N2O5/c1-11(17-3)10(13)8-6-7(12(14)15)4-5-9(8)16-2/h4-6H,1-3H3. The second-order valence-electron chi connectivity index (χ2n) is 3.13. The fourth-order valence-electron chi connectivity index (χ4n) is 1.23. The molecule has 1 aromatic rings. The van der Waals surface area contributed by atoms with E-state index in [0.717, 1.165) is 11.1 Å². The molecule has 17 heavy (non-hydrogen) atoms. The van der Waals surface area contributed by atoms with Gasteiger partial charge in [0.15, 0.2) is 0 Å². The second kappa shape index (κ2) is 5.26. The Hall–Kier alpha value is -2.15. The van der Waals surface area contributed by atoms with Crippen molar-refractivity contribution in [1.82, 2.24) is 5.06 Å². The number of ether oxygens (including phenoxy) is 1. The molecule has 0 radical (unpaired) electrons. The Morgan fingerprint density at radius 3 is 2.53 bits per heavy atom. The topological polar surface area (TPSA) is 81.9 Å². The van der Waals surface area contributed by atoms with Crippen LogP contribution in [0.2, 0.25) is 0 Å². The summed E-state index contributed by atoms with van der Waals surface area (Å²) in [5.41, 5.74) is -0.107. The average molecular weight is 240 g/mol. The van der Waals surface area contributed by atoms with Crippen molar-refractivity contribution in [3.8, 4) is 5.75 Å². The summed E-state index contributed by atoms with van der Waals surface area (Å²) in [7, 11) is 4.10. The third-order valence-electron chi connectivity index (χ3n) is 2.18. The normalized spacial score (nSPS) is 9.82. The molecule has 0 atom stereocenters. The number of carbonyl (C=O) groups excluding carboxylic acids is 1. The molecular weight excluding hydrogens is 228 g/mol. The second-order valence-corrected chi connectivity index (χ2v) is 3.13. The van der Waals surface area contributed by atoms with E-state index in [2.05, 4.69) is 0 Å². The molecule has 0 saturated carbocycles. The highest BCUT2D eigenvalue weighted by Crippen LogP contribution is 2.24. The van der Waals surface area contributed by atoms with Crippen LogP contribution >= 0.6 is 0 Å². The first-order valence-electron chi connectivity index (χ1n) is 4.65. The molecule has 7 nitrogen and oxygen atoms in total. The molecule has 0 aliphatic heterocycles. The van der Waals surface area contributed by atoms with E-state index in [1.54, 1.807) is 0 Å². The molecule has 0 fully saturated rings. The Kier molecular flexibility index (Phi) is 4.00. The minimum absolute atomic E-state index is 0.0750. The van der Waals surface area contributed by atoms with Gasteiger partial charge in [-0.2, -0.15) is 0 Å². The van der Waals surface area contributed by atoms with Gasteiger partial charge in [0.05, 0.1) is 24.7 Å². The molecule has 0 aliphatic carbocycles. The molecule has 7 heteroatoms. The van der Waals surface area contributed by atoms with Crippen LogP contribution in [0.15, 0.2) is 18.2 Å². The lowest BCUT2D eigenvalue weighted by Crippen LogP contribution is -2.25. The number of nitro benzene ring substituents is 1. The zero-order chi connectivity index (χ0) is 13.0. The number of carbonyl (C=O) groups is 1. The smallest absolute Gasteiger partial charge is 0.281 e. The Morgan fingerprint density at radius 1 is 1.41 bits per heavy atom. The summed E-state index contributed by atoms with van der Waals surface area (Å²) >= 11 is 0. The van der Waals surface area contributed by atoms with Crippen LogP contribution in [0.1, 0.15) is 10.4 Å². The lowest BCUT2D eigenvalue weighted by atomic mass is 10.1. The van der Waals surface area contributed by atoms with Crippen LogP contribution in [0, 0.1) is 10.1 Å². The van der Waals surface area contributed by atoms with Crippen molar-refractivity contribution in [1.29, 1.82) is 0 Å². The number of methoxy groups -OCH3 is 1. The lowest BCUT2D eigenvalue weighted by molar-refractivity contribution is -0.384. The van der Waals surface area contributed by atoms with Gasteiger partial charge in [-0.3, -0.25) is 19.7 Å². The van der Waals surface area contributed by atoms with Crippen LogP contribution in [0.3, 0.4) is 0 Å². The molecule has 1 amide bonds. The number of non-ortho nitro benzene ring substituents is 1. The Bertz CT molecular complexity index is 446. The number of benzene rings is 1. The Labute approximate surface area is 97.6 Å². The van der Waals surface area contributed by atoms with Crippen LogP contribution in [0.25, 0.3) is 0 Å². The minimum atomic E-state index is -0.580. The van der Waals surface area contributed by atoms with Crippen molar-refractivity contribution in [2.45, 2.75) is 0 Å². The van der Waals surface area contributed by atoms with Gasteiger partial charge < -0.3 is 4.74 Å². The number of hydrogen-bond acceptors (Lipinski definition) is 5. The predicted molar refractivity (Wildman–Crippen MR) is 58.8 cm³/mol. The number of hydrogen-bond donors (Lipinski definition) is 0. The third-order valence-corrected chi connectivity index (χ3v) is 2.18. The van der Waals surface area contributed by atoms with Crippen LogP contribution in [-0.4, -0.2) is 37.2 Å². The zero-order valence-corrected chi connectivity index (χ0v) is 9.67. The van der Waals surface area contributed by atoms with E-state index in [-0.39, 0.29) is 17.0 Å². The number of amides is 1. The molecule has 0 N–H and O–H groups in total. The molecule has 0 unspecified atom stereocenters. The van der Waals surface area contributed by atoms with Gasteiger partial charge >= 0.3 is 0 Å². The number of hydroxylamine groups is 2. The molecule has 0 bridgehead atoms. The molecule has 0 heterocycles. The highest BCUT2D eigenvalue weighted by molar-refractivity contribution is 5.96. The zero-order valence-electron chi connectivity index (χ0n) is 9.67. The fraction of sp³-hybridized carbons (Fsp3) is 0.300. The quantitative estimate of drug-likeness (QED) is 0.584.